The summed E-state index contributed by atoms with van der Waals surface area (Å²) in [5, 5.41) is 11.2. The zero-order chi connectivity index (χ0) is 15.4. The molecule has 0 saturated carbocycles. The summed E-state index contributed by atoms with van der Waals surface area (Å²) < 4.78 is 18.2. The van der Waals surface area contributed by atoms with Crippen molar-refractivity contribution in [3.8, 4) is 11.3 Å². The number of carbonyl (C=O) groups is 2. The lowest BCUT2D eigenvalue weighted by Gasteiger charge is -2.06. The number of aliphatic carboxylic acids is 1. The fraction of sp³-hybridized carbons (Fsp3) is 0.200. The largest absolute Gasteiger partial charge is 0.481 e. The highest BCUT2D eigenvalue weighted by Crippen LogP contribution is 2.22. The van der Waals surface area contributed by atoms with Crippen LogP contribution in [0.2, 0.25) is 0 Å². The van der Waals surface area contributed by atoms with E-state index in [2.05, 4.69) is 5.32 Å². The molecule has 0 aliphatic rings. The molecule has 0 fully saturated rings. The minimum atomic E-state index is -0.984. The number of rotatable bonds is 5. The van der Waals surface area contributed by atoms with Gasteiger partial charge < -0.3 is 14.8 Å². The maximum atomic E-state index is 12.8. The lowest BCUT2D eigenvalue weighted by Crippen LogP contribution is -2.31. The number of halogens is 1. The van der Waals surface area contributed by atoms with E-state index in [9.17, 15) is 14.0 Å². The van der Waals surface area contributed by atoms with Gasteiger partial charge in [0.2, 0.25) is 0 Å². The number of hydrogen-bond acceptors (Lipinski definition) is 3. The molecule has 0 aliphatic carbocycles. The summed E-state index contributed by atoms with van der Waals surface area (Å²) in [7, 11) is 0. The van der Waals surface area contributed by atoms with Crippen LogP contribution in [0.15, 0.2) is 40.8 Å². The lowest BCUT2D eigenvalue weighted by molar-refractivity contribution is -0.140. The number of hydrogen-bond donors (Lipinski definition) is 2. The van der Waals surface area contributed by atoms with Gasteiger partial charge in [-0.15, -0.1) is 0 Å². The third kappa shape index (κ3) is 3.68. The molecule has 1 aromatic heterocycles. The van der Waals surface area contributed by atoms with Crippen molar-refractivity contribution in [2.45, 2.75) is 6.92 Å². The summed E-state index contributed by atoms with van der Waals surface area (Å²) in [6.07, 6.45) is 0. The van der Waals surface area contributed by atoms with E-state index in [1.165, 1.54) is 25.1 Å². The SMILES string of the molecule is CC(CNC(=O)c1ccc(-c2ccc(F)cc2)o1)C(=O)O. The Labute approximate surface area is 120 Å². The first kappa shape index (κ1) is 14.8. The second kappa shape index (κ2) is 6.21. The fourth-order valence-electron chi connectivity index (χ4n) is 1.65. The number of carbonyl (C=O) groups excluding carboxylic acids is 1. The minimum absolute atomic E-state index is 0.0146. The molecule has 2 rings (SSSR count). The number of carboxylic acid groups (broad SMARTS) is 1. The maximum Gasteiger partial charge on any atom is 0.308 e. The molecule has 0 aliphatic heterocycles. The van der Waals surface area contributed by atoms with Gasteiger partial charge in [-0.05, 0) is 36.4 Å². The topological polar surface area (TPSA) is 79.5 Å². The number of nitrogens with one attached hydrogen (secondary N) is 1. The standard InChI is InChI=1S/C15H14FNO4/c1-9(15(19)20)8-17-14(18)13-7-6-12(21-13)10-2-4-11(16)5-3-10/h2-7,9H,8H2,1H3,(H,17,18)(H,19,20). The zero-order valence-electron chi connectivity index (χ0n) is 11.3. The molecule has 1 heterocycles. The quantitative estimate of drug-likeness (QED) is 0.887. The van der Waals surface area contributed by atoms with Gasteiger partial charge in [-0.1, -0.05) is 6.92 Å². The predicted octanol–water partition coefficient (Wildman–Crippen LogP) is 2.54. The first-order valence-corrected chi connectivity index (χ1v) is 6.34. The van der Waals surface area contributed by atoms with Gasteiger partial charge in [0.05, 0.1) is 5.92 Å². The van der Waals surface area contributed by atoms with Crippen LogP contribution in [0.4, 0.5) is 4.39 Å². The van der Waals surface area contributed by atoms with Gasteiger partial charge >= 0.3 is 5.97 Å². The first-order valence-electron chi connectivity index (χ1n) is 6.34. The Hall–Kier alpha value is -2.63. The van der Waals surface area contributed by atoms with Crippen molar-refractivity contribution in [2.24, 2.45) is 5.92 Å². The molecule has 1 amide bonds. The van der Waals surface area contributed by atoms with Crippen molar-refractivity contribution in [3.05, 3.63) is 48.0 Å². The number of carboxylic acids is 1. The van der Waals surface area contributed by atoms with Gasteiger partial charge in [-0.25, -0.2) is 4.39 Å². The lowest BCUT2D eigenvalue weighted by atomic mass is 10.2. The van der Waals surface area contributed by atoms with Crippen LogP contribution in [-0.4, -0.2) is 23.5 Å². The first-order chi connectivity index (χ1) is 9.97. The molecule has 110 valence electrons. The Balaban J connectivity index is 2.04. The summed E-state index contributed by atoms with van der Waals surface area (Å²) in [6, 6.07) is 8.77. The van der Waals surface area contributed by atoms with Gasteiger partial charge in [-0.2, -0.15) is 0 Å². The van der Waals surface area contributed by atoms with Crippen molar-refractivity contribution in [1.29, 1.82) is 0 Å². The van der Waals surface area contributed by atoms with Crippen LogP contribution in [0, 0.1) is 11.7 Å². The van der Waals surface area contributed by atoms with E-state index in [0.717, 1.165) is 0 Å². The van der Waals surface area contributed by atoms with Crippen LogP contribution < -0.4 is 5.32 Å². The average Bonchev–Trinajstić information content (AvgIpc) is 2.94. The van der Waals surface area contributed by atoms with Gasteiger partial charge in [0, 0.05) is 12.1 Å². The molecule has 1 unspecified atom stereocenters. The molecule has 1 aromatic carbocycles. The van der Waals surface area contributed by atoms with E-state index in [1.807, 2.05) is 0 Å². The van der Waals surface area contributed by atoms with Crippen LogP contribution in [-0.2, 0) is 4.79 Å². The molecule has 6 heteroatoms. The maximum absolute atomic E-state index is 12.8. The molecule has 0 saturated heterocycles. The summed E-state index contributed by atoms with van der Waals surface area (Å²) in [6.45, 7) is 1.51. The Morgan fingerprint density at radius 2 is 1.90 bits per heavy atom. The molecular formula is C15H14FNO4. The highest BCUT2D eigenvalue weighted by atomic mass is 19.1. The van der Waals surface area contributed by atoms with Crippen molar-refractivity contribution < 1.29 is 23.5 Å². The third-order valence-electron chi connectivity index (χ3n) is 2.95. The van der Waals surface area contributed by atoms with E-state index in [1.54, 1.807) is 18.2 Å². The van der Waals surface area contributed by atoms with Crippen molar-refractivity contribution in [3.63, 3.8) is 0 Å². The fourth-order valence-corrected chi connectivity index (χ4v) is 1.65. The molecule has 2 N–H and O–H groups in total. The second-order valence-corrected chi connectivity index (χ2v) is 4.62. The van der Waals surface area contributed by atoms with E-state index < -0.39 is 17.8 Å². The predicted molar refractivity (Wildman–Crippen MR) is 73.2 cm³/mol. The van der Waals surface area contributed by atoms with Crippen molar-refractivity contribution in [1.82, 2.24) is 5.32 Å². The Morgan fingerprint density at radius 3 is 2.52 bits per heavy atom. The third-order valence-corrected chi connectivity index (χ3v) is 2.95. The normalized spacial score (nSPS) is 11.9. The van der Waals surface area contributed by atoms with Crippen LogP contribution in [0.3, 0.4) is 0 Å². The van der Waals surface area contributed by atoms with E-state index in [-0.39, 0.29) is 18.1 Å². The molecule has 2 aromatic rings. The van der Waals surface area contributed by atoms with Gasteiger partial charge in [0.1, 0.15) is 11.6 Å². The highest BCUT2D eigenvalue weighted by molar-refractivity contribution is 5.92. The van der Waals surface area contributed by atoms with Crippen molar-refractivity contribution >= 4 is 11.9 Å². The zero-order valence-corrected chi connectivity index (χ0v) is 11.3. The van der Waals surface area contributed by atoms with Gasteiger partial charge in [0.15, 0.2) is 5.76 Å². The van der Waals surface area contributed by atoms with Crippen LogP contribution in [0.25, 0.3) is 11.3 Å². The van der Waals surface area contributed by atoms with E-state index in [4.69, 9.17) is 9.52 Å². The van der Waals surface area contributed by atoms with Crippen molar-refractivity contribution in [2.75, 3.05) is 6.54 Å². The number of furan rings is 1. The highest BCUT2D eigenvalue weighted by Gasteiger charge is 2.16. The Bertz CT molecular complexity index is 648. The van der Waals surface area contributed by atoms with Gasteiger partial charge in [0.25, 0.3) is 5.91 Å². The molecule has 0 spiro atoms. The minimum Gasteiger partial charge on any atom is -0.481 e. The second-order valence-electron chi connectivity index (χ2n) is 4.62. The molecule has 0 bridgehead atoms. The smallest absolute Gasteiger partial charge is 0.308 e. The average molecular weight is 291 g/mol. The van der Waals surface area contributed by atoms with Gasteiger partial charge in [-0.3, -0.25) is 9.59 Å². The number of benzene rings is 1. The summed E-state index contributed by atoms with van der Waals surface area (Å²) >= 11 is 0. The summed E-state index contributed by atoms with van der Waals surface area (Å²) in [5.41, 5.74) is 0.648. The molecular weight excluding hydrogens is 277 g/mol. The van der Waals surface area contributed by atoms with E-state index in [0.29, 0.717) is 11.3 Å². The molecule has 5 nitrogen and oxygen atoms in total. The molecule has 1 atom stereocenters. The summed E-state index contributed by atoms with van der Waals surface area (Å²) in [4.78, 5) is 22.5. The molecule has 0 radical (unpaired) electrons. The molecule has 21 heavy (non-hydrogen) atoms. The Kier molecular flexibility index (Phi) is 4.37. The number of amides is 1. The summed E-state index contributed by atoms with van der Waals surface area (Å²) in [5.74, 6) is -2.00. The van der Waals surface area contributed by atoms with Crippen LogP contribution in [0.1, 0.15) is 17.5 Å². The van der Waals surface area contributed by atoms with Crippen LogP contribution >= 0.6 is 0 Å². The monoisotopic (exact) mass is 291 g/mol. The van der Waals surface area contributed by atoms with Crippen LogP contribution in [0.5, 0.6) is 0 Å². The van der Waals surface area contributed by atoms with E-state index >= 15 is 0 Å². The Morgan fingerprint density at radius 1 is 1.24 bits per heavy atom.